The van der Waals surface area contributed by atoms with Crippen LogP contribution in [0.25, 0.3) is 0 Å². The molecule has 0 radical (unpaired) electrons. The van der Waals surface area contributed by atoms with Crippen molar-refractivity contribution in [1.82, 2.24) is 4.98 Å². The number of aliphatic hydroxyl groups excluding tert-OH is 1. The first-order chi connectivity index (χ1) is 9.10. The number of hydrogen-bond acceptors (Lipinski definition) is 3. The minimum atomic E-state index is -0.148. The zero-order chi connectivity index (χ0) is 13.8. The predicted molar refractivity (Wildman–Crippen MR) is 78.5 cm³/mol. The van der Waals surface area contributed by atoms with Crippen LogP contribution in [0.15, 0.2) is 36.4 Å². The molecule has 0 amide bonds. The summed E-state index contributed by atoms with van der Waals surface area (Å²) in [7, 11) is 1.97. The monoisotopic (exact) mass is 276 g/mol. The fraction of sp³-hybridized carbons (Fsp3) is 0.267. The zero-order valence-corrected chi connectivity index (χ0v) is 11.9. The highest BCUT2D eigenvalue weighted by molar-refractivity contribution is 6.31. The Balaban J connectivity index is 2.15. The minimum Gasteiger partial charge on any atom is -0.390 e. The van der Waals surface area contributed by atoms with Gasteiger partial charge in [0.25, 0.3) is 0 Å². The first-order valence-electron chi connectivity index (χ1n) is 6.13. The van der Waals surface area contributed by atoms with Crippen molar-refractivity contribution in [2.75, 3.05) is 11.9 Å². The van der Waals surface area contributed by atoms with Crippen LogP contribution in [0.4, 0.5) is 5.82 Å². The fourth-order valence-electron chi connectivity index (χ4n) is 1.84. The number of hydrogen-bond donors (Lipinski definition) is 1. The third kappa shape index (κ3) is 3.46. The molecule has 1 aromatic carbocycles. The largest absolute Gasteiger partial charge is 0.390 e. The molecule has 2 aromatic rings. The van der Waals surface area contributed by atoms with Gasteiger partial charge in [0.1, 0.15) is 5.82 Å². The van der Waals surface area contributed by atoms with Crippen molar-refractivity contribution in [3.8, 4) is 0 Å². The molecule has 0 unspecified atom stereocenters. The Hall–Kier alpha value is -1.58. The van der Waals surface area contributed by atoms with E-state index in [4.69, 9.17) is 11.6 Å². The van der Waals surface area contributed by atoms with E-state index in [1.807, 2.05) is 18.0 Å². The van der Waals surface area contributed by atoms with Crippen molar-refractivity contribution in [1.29, 1.82) is 0 Å². The van der Waals surface area contributed by atoms with Crippen LogP contribution in [0.5, 0.6) is 0 Å². The van der Waals surface area contributed by atoms with Crippen LogP contribution in [0.3, 0.4) is 0 Å². The standard InChI is InChI=1S/C15H17ClN2O/c1-11-3-5-12(6-4-11)9-18(2)15-8-7-13(16)14(10-19)17-15/h3-8,19H,9-10H2,1-2H3. The lowest BCUT2D eigenvalue weighted by molar-refractivity contribution is 0.277. The first kappa shape index (κ1) is 13.8. The number of rotatable bonds is 4. The molecule has 3 nitrogen and oxygen atoms in total. The van der Waals surface area contributed by atoms with Crippen molar-refractivity contribution in [2.45, 2.75) is 20.1 Å². The van der Waals surface area contributed by atoms with Gasteiger partial charge in [-0.3, -0.25) is 0 Å². The Labute approximate surface area is 118 Å². The van der Waals surface area contributed by atoms with Crippen molar-refractivity contribution >= 4 is 17.4 Å². The van der Waals surface area contributed by atoms with E-state index in [0.29, 0.717) is 10.7 Å². The highest BCUT2D eigenvalue weighted by atomic mass is 35.5. The van der Waals surface area contributed by atoms with Crippen molar-refractivity contribution in [3.05, 3.63) is 58.2 Å². The maximum Gasteiger partial charge on any atom is 0.129 e. The second-order valence-electron chi connectivity index (χ2n) is 4.60. The van der Waals surface area contributed by atoms with E-state index >= 15 is 0 Å². The van der Waals surface area contributed by atoms with Gasteiger partial charge in [-0.15, -0.1) is 0 Å². The molecule has 0 bridgehead atoms. The molecule has 0 fully saturated rings. The lowest BCUT2D eigenvalue weighted by atomic mass is 10.1. The second kappa shape index (κ2) is 6.04. The van der Waals surface area contributed by atoms with Crippen LogP contribution >= 0.6 is 11.6 Å². The number of aryl methyl sites for hydroxylation is 1. The average molecular weight is 277 g/mol. The van der Waals surface area contributed by atoms with Gasteiger partial charge in [-0.2, -0.15) is 0 Å². The van der Waals surface area contributed by atoms with Crippen molar-refractivity contribution in [2.24, 2.45) is 0 Å². The van der Waals surface area contributed by atoms with E-state index in [2.05, 4.69) is 36.2 Å². The summed E-state index contributed by atoms with van der Waals surface area (Å²) in [6.45, 7) is 2.69. The Morgan fingerprint density at radius 1 is 1.16 bits per heavy atom. The molecule has 4 heteroatoms. The Morgan fingerprint density at radius 3 is 2.47 bits per heavy atom. The van der Waals surface area contributed by atoms with Gasteiger partial charge in [-0.05, 0) is 24.6 Å². The Morgan fingerprint density at radius 2 is 1.84 bits per heavy atom. The molecule has 2 rings (SSSR count). The summed E-state index contributed by atoms with van der Waals surface area (Å²) in [6, 6.07) is 12.0. The highest BCUT2D eigenvalue weighted by Crippen LogP contribution is 2.20. The third-order valence-electron chi connectivity index (χ3n) is 2.99. The van der Waals surface area contributed by atoms with Crippen LogP contribution in [-0.2, 0) is 13.2 Å². The van der Waals surface area contributed by atoms with Crippen LogP contribution in [-0.4, -0.2) is 17.1 Å². The SMILES string of the molecule is Cc1ccc(CN(C)c2ccc(Cl)c(CO)n2)cc1. The summed E-state index contributed by atoms with van der Waals surface area (Å²) >= 11 is 5.94. The molecule has 1 N–H and O–H groups in total. The van der Waals surface area contributed by atoms with E-state index in [9.17, 15) is 5.11 Å². The van der Waals surface area contributed by atoms with Gasteiger partial charge >= 0.3 is 0 Å². The summed E-state index contributed by atoms with van der Waals surface area (Å²) < 4.78 is 0. The Kier molecular flexibility index (Phi) is 4.40. The molecule has 1 aromatic heterocycles. The minimum absolute atomic E-state index is 0.148. The quantitative estimate of drug-likeness (QED) is 0.932. The van der Waals surface area contributed by atoms with Gasteiger partial charge in [0.05, 0.1) is 17.3 Å². The number of aromatic nitrogens is 1. The Bertz CT molecular complexity index is 555. The lowest BCUT2D eigenvalue weighted by Crippen LogP contribution is -2.18. The molecule has 19 heavy (non-hydrogen) atoms. The van der Waals surface area contributed by atoms with Crippen LogP contribution in [0.1, 0.15) is 16.8 Å². The number of benzene rings is 1. The number of pyridine rings is 1. The van der Waals surface area contributed by atoms with Crippen LogP contribution < -0.4 is 4.90 Å². The first-order valence-corrected chi connectivity index (χ1v) is 6.51. The summed E-state index contributed by atoms with van der Waals surface area (Å²) in [5.41, 5.74) is 2.98. The van der Waals surface area contributed by atoms with Gasteiger partial charge in [-0.25, -0.2) is 4.98 Å². The maximum atomic E-state index is 9.18. The van der Waals surface area contributed by atoms with Gasteiger partial charge < -0.3 is 10.0 Å². The lowest BCUT2D eigenvalue weighted by Gasteiger charge is -2.19. The third-order valence-corrected chi connectivity index (χ3v) is 3.33. The second-order valence-corrected chi connectivity index (χ2v) is 5.00. The molecule has 0 atom stereocenters. The topological polar surface area (TPSA) is 36.4 Å². The predicted octanol–water partition coefficient (Wildman–Crippen LogP) is 3.17. The van der Waals surface area contributed by atoms with E-state index in [0.717, 1.165) is 12.4 Å². The molecule has 0 aliphatic rings. The number of halogens is 1. The average Bonchev–Trinajstić information content (AvgIpc) is 2.42. The van der Waals surface area contributed by atoms with Gasteiger partial charge in [0.15, 0.2) is 0 Å². The summed E-state index contributed by atoms with van der Waals surface area (Å²) in [6.07, 6.45) is 0. The van der Waals surface area contributed by atoms with E-state index in [1.165, 1.54) is 11.1 Å². The molecule has 0 saturated heterocycles. The van der Waals surface area contributed by atoms with Crippen LogP contribution in [0, 0.1) is 6.92 Å². The van der Waals surface area contributed by atoms with Gasteiger partial charge in [-0.1, -0.05) is 41.4 Å². The molecular formula is C15H17ClN2O. The molecule has 1 heterocycles. The molecule has 0 aliphatic heterocycles. The fourth-order valence-corrected chi connectivity index (χ4v) is 2.01. The molecule has 100 valence electrons. The molecule has 0 saturated carbocycles. The highest BCUT2D eigenvalue weighted by Gasteiger charge is 2.07. The summed E-state index contributed by atoms with van der Waals surface area (Å²) in [5, 5.41) is 9.67. The number of aliphatic hydroxyl groups is 1. The molecular weight excluding hydrogens is 260 g/mol. The van der Waals surface area contributed by atoms with Gasteiger partial charge in [0.2, 0.25) is 0 Å². The molecule has 0 spiro atoms. The normalized spacial score (nSPS) is 10.5. The van der Waals surface area contributed by atoms with E-state index < -0.39 is 0 Å². The summed E-state index contributed by atoms with van der Waals surface area (Å²) in [5.74, 6) is 0.800. The summed E-state index contributed by atoms with van der Waals surface area (Å²) in [4.78, 5) is 6.38. The zero-order valence-electron chi connectivity index (χ0n) is 11.1. The van der Waals surface area contributed by atoms with Crippen molar-refractivity contribution in [3.63, 3.8) is 0 Å². The van der Waals surface area contributed by atoms with Crippen LogP contribution in [0.2, 0.25) is 5.02 Å². The van der Waals surface area contributed by atoms with Crippen molar-refractivity contribution < 1.29 is 5.11 Å². The van der Waals surface area contributed by atoms with Gasteiger partial charge in [0, 0.05) is 13.6 Å². The smallest absolute Gasteiger partial charge is 0.129 e. The molecule has 0 aliphatic carbocycles. The van der Waals surface area contributed by atoms with E-state index in [-0.39, 0.29) is 6.61 Å². The number of anilines is 1. The maximum absolute atomic E-state index is 9.18. The number of nitrogens with zero attached hydrogens (tertiary/aromatic N) is 2. The van der Waals surface area contributed by atoms with E-state index in [1.54, 1.807) is 6.07 Å².